The van der Waals surface area contributed by atoms with Gasteiger partial charge < -0.3 is 19.9 Å². The van der Waals surface area contributed by atoms with Crippen LogP contribution < -0.4 is 19.9 Å². The highest BCUT2D eigenvalue weighted by atomic mass is 16.5. The Hall–Kier alpha value is -3.35. The molecule has 0 bridgehead atoms. The van der Waals surface area contributed by atoms with Crippen LogP contribution in [0, 0.1) is 0 Å². The number of amides is 1. The summed E-state index contributed by atoms with van der Waals surface area (Å²) in [5, 5.41) is 0. The Morgan fingerprint density at radius 2 is 1.36 bits per heavy atom. The molecule has 0 unspecified atom stereocenters. The summed E-state index contributed by atoms with van der Waals surface area (Å²) in [7, 11) is 4.19. The van der Waals surface area contributed by atoms with Crippen molar-refractivity contribution in [3.05, 3.63) is 52.1 Å². The molecule has 3 rings (SSSR count). The predicted octanol–water partition coefficient (Wildman–Crippen LogP) is 1.59. The smallest absolute Gasteiger partial charge is 0.248 e. The lowest BCUT2D eigenvalue weighted by Gasteiger charge is -2.22. The number of methoxy groups -OCH3 is 3. The van der Waals surface area contributed by atoms with Gasteiger partial charge in [0, 0.05) is 22.8 Å². The summed E-state index contributed by atoms with van der Waals surface area (Å²) in [6, 6.07) is 5.63. The molecule has 1 aliphatic rings. The van der Waals surface area contributed by atoms with Gasteiger partial charge in [-0.15, -0.1) is 0 Å². The van der Waals surface area contributed by atoms with Crippen molar-refractivity contribution in [1.82, 2.24) is 0 Å². The van der Waals surface area contributed by atoms with Crippen LogP contribution in [-0.4, -0.2) is 38.8 Å². The first-order chi connectivity index (χ1) is 11.9. The molecule has 0 saturated carbocycles. The van der Waals surface area contributed by atoms with Crippen LogP contribution in [0.4, 0.5) is 0 Å². The molecule has 0 saturated heterocycles. The molecule has 25 heavy (non-hydrogen) atoms. The van der Waals surface area contributed by atoms with Gasteiger partial charge in [-0.25, -0.2) is 0 Å². The second-order valence-electron chi connectivity index (χ2n) is 5.38. The molecule has 128 valence electrons. The van der Waals surface area contributed by atoms with Crippen molar-refractivity contribution in [3.63, 3.8) is 0 Å². The number of carbonyl (C=O) groups excluding carboxylic acids is 3. The Labute approximate surface area is 143 Å². The standard InChI is InChI=1S/C18H15NO6/c1-23-9-6-11-15(13(7-9)25-3)17(21)14-10(16(11)20)4-8(18(19)22)5-12(14)24-2/h4-7H,1-3H3,(H2,19,22). The molecule has 2 aromatic carbocycles. The van der Waals surface area contributed by atoms with E-state index in [0.717, 1.165) is 0 Å². The molecule has 0 atom stereocenters. The number of ether oxygens (including phenoxy) is 3. The van der Waals surface area contributed by atoms with Gasteiger partial charge in [0.05, 0.1) is 32.5 Å². The number of carbonyl (C=O) groups is 3. The first-order valence-electron chi connectivity index (χ1n) is 7.30. The first kappa shape index (κ1) is 16.5. The van der Waals surface area contributed by atoms with E-state index in [1.54, 1.807) is 0 Å². The first-order valence-corrected chi connectivity index (χ1v) is 7.30. The van der Waals surface area contributed by atoms with Crippen molar-refractivity contribution in [1.29, 1.82) is 0 Å². The minimum atomic E-state index is -0.727. The number of rotatable bonds is 4. The fourth-order valence-electron chi connectivity index (χ4n) is 2.88. The lowest BCUT2D eigenvalue weighted by atomic mass is 9.82. The second kappa shape index (κ2) is 5.94. The number of ketones is 2. The fraction of sp³-hybridized carbons (Fsp3) is 0.167. The SMILES string of the molecule is COc1cc(OC)c2c(c1)C(=O)c1cc(C(N)=O)cc(OC)c1C2=O. The third kappa shape index (κ3) is 2.40. The highest BCUT2D eigenvalue weighted by molar-refractivity contribution is 6.30. The molecule has 2 N–H and O–H groups in total. The maximum absolute atomic E-state index is 13.0. The predicted molar refractivity (Wildman–Crippen MR) is 87.9 cm³/mol. The second-order valence-corrected chi connectivity index (χ2v) is 5.38. The fourth-order valence-corrected chi connectivity index (χ4v) is 2.88. The monoisotopic (exact) mass is 341 g/mol. The Morgan fingerprint density at radius 3 is 1.88 bits per heavy atom. The van der Waals surface area contributed by atoms with Crippen LogP contribution in [0.25, 0.3) is 0 Å². The van der Waals surface area contributed by atoms with Crippen molar-refractivity contribution < 1.29 is 28.6 Å². The zero-order valence-corrected chi connectivity index (χ0v) is 13.8. The third-order valence-electron chi connectivity index (χ3n) is 4.08. The molecular formula is C18H15NO6. The number of hydrogen-bond acceptors (Lipinski definition) is 6. The number of primary amides is 1. The highest BCUT2D eigenvalue weighted by Crippen LogP contribution is 2.40. The average Bonchev–Trinajstić information content (AvgIpc) is 2.63. The van der Waals surface area contributed by atoms with Gasteiger partial charge in [-0.1, -0.05) is 0 Å². The molecule has 0 aromatic heterocycles. The highest BCUT2D eigenvalue weighted by Gasteiger charge is 2.36. The Balaban J connectivity index is 2.35. The zero-order chi connectivity index (χ0) is 18.3. The van der Waals surface area contributed by atoms with Crippen LogP contribution in [0.1, 0.15) is 42.2 Å². The molecule has 0 fully saturated rings. The molecule has 7 heteroatoms. The average molecular weight is 341 g/mol. The zero-order valence-electron chi connectivity index (χ0n) is 13.8. The quantitative estimate of drug-likeness (QED) is 0.772. The molecule has 0 heterocycles. The van der Waals surface area contributed by atoms with Crippen LogP contribution in [-0.2, 0) is 0 Å². The molecule has 2 aromatic rings. The summed E-state index contributed by atoms with van der Waals surface area (Å²) in [5.41, 5.74) is 5.79. The molecule has 0 aliphatic heterocycles. The minimum Gasteiger partial charge on any atom is -0.497 e. The summed E-state index contributed by atoms with van der Waals surface area (Å²) in [5.74, 6) is -0.902. The minimum absolute atomic E-state index is 0.0564. The summed E-state index contributed by atoms with van der Waals surface area (Å²) in [6.45, 7) is 0. The van der Waals surface area contributed by atoms with Crippen LogP contribution in [0.2, 0.25) is 0 Å². The van der Waals surface area contributed by atoms with E-state index < -0.39 is 17.5 Å². The lowest BCUT2D eigenvalue weighted by Crippen LogP contribution is -2.24. The number of hydrogen-bond donors (Lipinski definition) is 1. The molecule has 0 radical (unpaired) electrons. The molecule has 0 spiro atoms. The van der Waals surface area contributed by atoms with E-state index in [2.05, 4.69) is 0 Å². The Morgan fingerprint density at radius 1 is 0.800 bits per heavy atom. The number of nitrogens with two attached hydrogens (primary N) is 1. The molecular weight excluding hydrogens is 326 g/mol. The normalized spacial score (nSPS) is 12.3. The Bertz CT molecular complexity index is 932. The van der Waals surface area contributed by atoms with Gasteiger partial charge in [0.2, 0.25) is 11.7 Å². The van der Waals surface area contributed by atoms with Gasteiger partial charge >= 0.3 is 0 Å². The van der Waals surface area contributed by atoms with Crippen LogP contribution in [0.3, 0.4) is 0 Å². The number of benzene rings is 2. The molecule has 7 nitrogen and oxygen atoms in total. The summed E-state index contributed by atoms with van der Waals surface area (Å²) in [4.78, 5) is 37.5. The largest absolute Gasteiger partial charge is 0.497 e. The molecule has 1 aliphatic carbocycles. The van der Waals surface area contributed by atoms with Crippen molar-refractivity contribution in [2.24, 2.45) is 5.73 Å². The lowest BCUT2D eigenvalue weighted by molar-refractivity contribution is 0.0971. The maximum atomic E-state index is 13.0. The topological polar surface area (TPSA) is 105 Å². The molecule has 1 amide bonds. The van der Waals surface area contributed by atoms with Crippen molar-refractivity contribution >= 4 is 17.5 Å². The van der Waals surface area contributed by atoms with Gasteiger partial charge in [0.1, 0.15) is 17.2 Å². The van der Waals surface area contributed by atoms with Gasteiger partial charge in [-0.05, 0) is 18.2 Å². The summed E-state index contributed by atoms with van der Waals surface area (Å²) >= 11 is 0. The maximum Gasteiger partial charge on any atom is 0.248 e. The van der Waals surface area contributed by atoms with E-state index in [1.165, 1.54) is 45.6 Å². The van der Waals surface area contributed by atoms with Crippen LogP contribution in [0.15, 0.2) is 24.3 Å². The van der Waals surface area contributed by atoms with Crippen LogP contribution >= 0.6 is 0 Å². The van der Waals surface area contributed by atoms with Crippen LogP contribution in [0.5, 0.6) is 17.2 Å². The van der Waals surface area contributed by atoms with E-state index in [9.17, 15) is 14.4 Å². The number of fused-ring (bicyclic) bond motifs is 2. The Kier molecular flexibility index (Phi) is 3.92. The van der Waals surface area contributed by atoms with E-state index in [0.29, 0.717) is 5.75 Å². The van der Waals surface area contributed by atoms with Gasteiger partial charge in [0.15, 0.2) is 5.78 Å². The van der Waals surface area contributed by atoms with Crippen molar-refractivity contribution in [2.45, 2.75) is 0 Å². The summed E-state index contributed by atoms with van der Waals surface area (Å²) < 4.78 is 15.6. The third-order valence-corrected chi connectivity index (χ3v) is 4.08. The van der Waals surface area contributed by atoms with E-state index in [4.69, 9.17) is 19.9 Å². The summed E-state index contributed by atoms with van der Waals surface area (Å²) in [6.07, 6.45) is 0. The van der Waals surface area contributed by atoms with Gasteiger partial charge in [0.25, 0.3) is 0 Å². The van der Waals surface area contributed by atoms with E-state index >= 15 is 0 Å². The van der Waals surface area contributed by atoms with Crippen molar-refractivity contribution in [2.75, 3.05) is 21.3 Å². The van der Waals surface area contributed by atoms with Crippen molar-refractivity contribution in [3.8, 4) is 17.2 Å². The van der Waals surface area contributed by atoms with Gasteiger partial charge in [-0.3, -0.25) is 14.4 Å². The van der Waals surface area contributed by atoms with E-state index in [1.807, 2.05) is 0 Å². The van der Waals surface area contributed by atoms with Gasteiger partial charge in [-0.2, -0.15) is 0 Å². The van der Waals surface area contributed by atoms with E-state index in [-0.39, 0.29) is 39.3 Å².